The van der Waals surface area contributed by atoms with E-state index in [4.69, 9.17) is 4.42 Å². The number of unbranched alkanes of at least 4 members (excludes halogenated alkanes) is 3. The first-order valence-electron chi connectivity index (χ1n) is 7.85. The van der Waals surface area contributed by atoms with Crippen LogP contribution in [0.2, 0.25) is 0 Å². The number of benzene rings is 1. The molecule has 0 unspecified atom stereocenters. The minimum Gasteiger partial charge on any atom is -0.449 e. The highest BCUT2D eigenvalue weighted by molar-refractivity contribution is 7.99. The molecule has 0 fully saturated rings. The molecule has 0 N–H and O–H groups in total. The molecule has 0 aliphatic rings. The quantitative estimate of drug-likeness (QED) is 0.419. The molecule has 2 nitrogen and oxygen atoms in total. The van der Waals surface area contributed by atoms with Crippen molar-refractivity contribution in [3.63, 3.8) is 0 Å². The highest BCUT2D eigenvalue weighted by atomic mass is 32.2. The van der Waals surface area contributed by atoms with E-state index in [9.17, 15) is 4.79 Å². The van der Waals surface area contributed by atoms with Gasteiger partial charge in [0.25, 0.3) is 0 Å². The Hall–Kier alpha value is -1.66. The van der Waals surface area contributed by atoms with Crippen molar-refractivity contribution in [2.75, 3.05) is 5.75 Å². The molecule has 0 bridgehead atoms. The van der Waals surface area contributed by atoms with E-state index in [2.05, 4.69) is 18.8 Å². The van der Waals surface area contributed by atoms with Crippen molar-refractivity contribution in [1.29, 1.82) is 0 Å². The van der Waals surface area contributed by atoms with Crippen LogP contribution in [0.3, 0.4) is 0 Å². The van der Waals surface area contributed by atoms with Crippen molar-refractivity contribution in [2.45, 2.75) is 51.0 Å². The van der Waals surface area contributed by atoms with Crippen LogP contribution in [0.25, 0.3) is 11.0 Å². The number of thioether (sulfide) groups is 1. The van der Waals surface area contributed by atoms with Gasteiger partial charge < -0.3 is 4.42 Å². The smallest absolute Gasteiger partial charge is 0.196 e. The Kier molecular flexibility index (Phi) is 6.61. The molecular formula is C19H22O2S. The fraction of sp³-hybridized carbons (Fsp3) is 0.421. The average molecular weight is 314 g/mol. The predicted molar refractivity (Wildman–Crippen MR) is 94.5 cm³/mol. The maximum atomic E-state index is 12.3. The van der Waals surface area contributed by atoms with Crippen molar-refractivity contribution in [3.05, 3.63) is 40.1 Å². The molecule has 3 heteroatoms. The van der Waals surface area contributed by atoms with Crippen molar-refractivity contribution < 1.29 is 4.42 Å². The molecule has 1 aromatic heterocycles. The van der Waals surface area contributed by atoms with Crippen LogP contribution in [-0.2, 0) is 0 Å². The van der Waals surface area contributed by atoms with Crippen LogP contribution in [0.4, 0.5) is 0 Å². The second-order valence-corrected chi connectivity index (χ2v) is 6.32. The summed E-state index contributed by atoms with van der Waals surface area (Å²) in [5.74, 6) is 7.32. The van der Waals surface area contributed by atoms with Gasteiger partial charge in [-0.3, -0.25) is 4.79 Å². The van der Waals surface area contributed by atoms with Gasteiger partial charge in [-0.1, -0.05) is 37.2 Å². The minimum absolute atomic E-state index is 0.0729. The largest absolute Gasteiger partial charge is 0.449 e. The zero-order valence-electron chi connectivity index (χ0n) is 13.3. The van der Waals surface area contributed by atoms with Gasteiger partial charge in [0.05, 0.1) is 5.39 Å². The van der Waals surface area contributed by atoms with Gasteiger partial charge in [0.15, 0.2) is 10.5 Å². The number of hydrogen-bond donors (Lipinski definition) is 0. The maximum Gasteiger partial charge on any atom is 0.196 e. The normalized spacial score (nSPS) is 10.5. The Balaban J connectivity index is 1.93. The third-order valence-electron chi connectivity index (χ3n) is 3.44. The van der Waals surface area contributed by atoms with E-state index in [1.807, 2.05) is 31.2 Å². The highest BCUT2D eigenvalue weighted by Gasteiger charge is 2.10. The fourth-order valence-corrected chi connectivity index (χ4v) is 3.05. The lowest BCUT2D eigenvalue weighted by Gasteiger charge is -2.05. The molecule has 2 aromatic rings. The van der Waals surface area contributed by atoms with E-state index in [0.29, 0.717) is 16.5 Å². The molecule has 0 radical (unpaired) electrons. The molecular weight excluding hydrogens is 292 g/mol. The molecule has 116 valence electrons. The molecule has 0 amide bonds. The van der Waals surface area contributed by atoms with Gasteiger partial charge in [-0.05, 0) is 31.9 Å². The lowest BCUT2D eigenvalue weighted by atomic mass is 10.2. The van der Waals surface area contributed by atoms with Gasteiger partial charge >= 0.3 is 0 Å². The Labute approximate surface area is 136 Å². The predicted octanol–water partition coefficient (Wildman–Crippen LogP) is 5.17. The van der Waals surface area contributed by atoms with E-state index < -0.39 is 0 Å². The summed E-state index contributed by atoms with van der Waals surface area (Å²) in [5, 5.41) is 1.40. The van der Waals surface area contributed by atoms with E-state index >= 15 is 0 Å². The second-order valence-electron chi connectivity index (χ2n) is 5.25. The molecule has 0 atom stereocenters. The Morgan fingerprint density at radius 3 is 2.64 bits per heavy atom. The van der Waals surface area contributed by atoms with Crippen LogP contribution >= 0.6 is 11.8 Å². The number of para-hydroxylation sites is 1. The summed E-state index contributed by atoms with van der Waals surface area (Å²) in [5.41, 5.74) is 1.45. The summed E-state index contributed by atoms with van der Waals surface area (Å²) in [4.78, 5) is 12.3. The summed E-state index contributed by atoms with van der Waals surface area (Å²) in [7, 11) is 0. The van der Waals surface area contributed by atoms with E-state index in [1.54, 1.807) is 11.8 Å². The summed E-state index contributed by atoms with van der Waals surface area (Å²) < 4.78 is 5.86. The molecule has 22 heavy (non-hydrogen) atoms. The van der Waals surface area contributed by atoms with Gasteiger partial charge in [-0.15, -0.1) is 11.8 Å². The van der Waals surface area contributed by atoms with Crippen LogP contribution in [0.5, 0.6) is 0 Å². The van der Waals surface area contributed by atoms with E-state index in [0.717, 1.165) is 30.1 Å². The zero-order valence-corrected chi connectivity index (χ0v) is 14.1. The fourth-order valence-electron chi connectivity index (χ4n) is 2.12. The molecule has 0 spiro atoms. The first-order chi connectivity index (χ1) is 10.7. The third-order valence-corrected chi connectivity index (χ3v) is 4.59. The summed E-state index contributed by atoms with van der Waals surface area (Å²) in [6, 6.07) is 7.41. The molecule has 2 rings (SSSR count). The lowest BCUT2D eigenvalue weighted by molar-refractivity contribution is 0.492. The van der Waals surface area contributed by atoms with Gasteiger partial charge in [0.2, 0.25) is 0 Å². The lowest BCUT2D eigenvalue weighted by Crippen LogP contribution is -2.06. The Bertz CT molecular complexity index is 734. The molecule has 0 saturated heterocycles. The molecule has 0 aliphatic heterocycles. The third kappa shape index (κ3) is 4.42. The van der Waals surface area contributed by atoms with Crippen LogP contribution in [0, 0.1) is 18.8 Å². The maximum absolute atomic E-state index is 12.3. The van der Waals surface area contributed by atoms with E-state index in [-0.39, 0.29) is 5.43 Å². The van der Waals surface area contributed by atoms with Gasteiger partial charge in [-0.25, -0.2) is 0 Å². The van der Waals surface area contributed by atoms with Gasteiger partial charge in [0.1, 0.15) is 5.58 Å². The monoisotopic (exact) mass is 314 g/mol. The van der Waals surface area contributed by atoms with Crippen LogP contribution in [0.1, 0.15) is 44.6 Å². The van der Waals surface area contributed by atoms with Gasteiger partial charge in [0, 0.05) is 24.2 Å². The van der Waals surface area contributed by atoms with Crippen molar-refractivity contribution in [3.8, 4) is 11.8 Å². The van der Waals surface area contributed by atoms with Crippen LogP contribution in [0.15, 0.2) is 38.6 Å². The molecule has 1 aromatic carbocycles. The Morgan fingerprint density at radius 2 is 1.86 bits per heavy atom. The van der Waals surface area contributed by atoms with Crippen LogP contribution in [-0.4, -0.2) is 5.75 Å². The first-order valence-corrected chi connectivity index (χ1v) is 8.83. The Morgan fingerprint density at radius 1 is 1.14 bits per heavy atom. The van der Waals surface area contributed by atoms with Crippen LogP contribution < -0.4 is 5.43 Å². The summed E-state index contributed by atoms with van der Waals surface area (Å²) in [6.07, 6.45) is 5.31. The van der Waals surface area contributed by atoms with Crippen molar-refractivity contribution in [1.82, 2.24) is 0 Å². The zero-order chi connectivity index (χ0) is 15.8. The molecule has 1 heterocycles. The standard InChI is InChI=1S/C19H22O2S/c1-3-4-5-6-7-8-11-14-22-19-15(2)18(20)16-12-9-10-13-17(16)21-19/h9-10,12-13H,3-5,8,11,14H2,1-2H3. The topological polar surface area (TPSA) is 30.2 Å². The number of fused-ring (bicyclic) bond motifs is 1. The van der Waals surface area contributed by atoms with Gasteiger partial charge in [-0.2, -0.15) is 0 Å². The highest BCUT2D eigenvalue weighted by Crippen LogP contribution is 2.25. The minimum atomic E-state index is 0.0729. The summed E-state index contributed by atoms with van der Waals surface area (Å²) >= 11 is 1.61. The van der Waals surface area contributed by atoms with E-state index in [1.165, 1.54) is 12.8 Å². The van der Waals surface area contributed by atoms with Crippen molar-refractivity contribution in [2.24, 2.45) is 0 Å². The first kappa shape index (κ1) is 16.7. The second kappa shape index (κ2) is 8.70. The number of hydrogen-bond acceptors (Lipinski definition) is 3. The number of rotatable bonds is 6. The molecule has 0 saturated carbocycles. The average Bonchev–Trinajstić information content (AvgIpc) is 2.54. The van der Waals surface area contributed by atoms with Crippen molar-refractivity contribution >= 4 is 22.7 Å². The molecule has 0 aliphatic carbocycles. The SMILES string of the molecule is CCCCC#CCCCSc1oc2ccccc2c(=O)c1C. The summed E-state index contributed by atoms with van der Waals surface area (Å²) in [6.45, 7) is 4.02.